The predicted molar refractivity (Wildman–Crippen MR) is 123 cm³/mol. The number of aryl methyl sites for hydroxylation is 1. The van der Waals surface area contributed by atoms with Crippen molar-refractivity contribution in [3.63, 3.8) is 0 Å². The summed E-state index contributed by atoms with van der Waals surface area (Å²) in [5.41, 5.74) is 6.49. The lowest BCUT2D eigenvalue weighted by atomic mass is 10.1. The van der Waals surface area contributed by atoms with Crippen LogP contribution in [0.25, 0.3) is 10.8 Å². The van der Waals surface area contributed by atoms with Gasteiger partial charge in [-0.05, 0) is 56.0 Å². The quantitative estimate of drug-likeness (QED) is 0.577. The van der Waals surface area contributed by atoms with Crippen LogP contribution in [-0.2, 0) is 21.5 Å². The van der Waals surface area contributed by atoms with E-state index in [1.165, 1.54) is 21.1 Å². The Morgan fingerprint density at radius 2 is 1.88 bits per heavy atom. The summed E-state index contributed by atoms with van der Waals surface area (Å²) in [5.74, 6) is -0.531. The molecule has 8 nitrogen and oxygen atoms in total. The Bertz CT molecular complexity index is 1430. The fourth-order valence-electron chi connectivity index (χ4n) is 4.78. The van der Waals surface area contributed by atoms with Crippen molar-refractivity contribution in [2.45, 2.75) is 49.4 Å². The highest BCUT2D eigenvalue weighted by Crippen LogP contribution is 2.51. The minimum absolute atomic E-state index is 0.0986. The molecule has 5 rings (SSSR count). The molecule has 0 radical (unpaired) electrons. The molecule has 2 aliphatic rings. The van der Waals surface area contributed by atoms with Crippen LogP contribution in [0.2, 0.25) is 0 Å². The van der Waals surface area contributed by atoms with E-state index in [0.29, 0.717) is 23.9 Å². The van der Waals surface area contributed by atoms with Crippen molar-refractivity contribution in [3.05, 3.63) is 76.2 Å². The van der Waals surface area contributed by atoms with Gasteiger partial charge in [0.05, 0.1) is 16.0 Å². The number of fused-ring (bicyclic) bond motifs is 1. The van der Waals surface area contributed by atoms with Gasteiger partial charge in [0, 0.05) is 29.6 Å². The number of aromatic nitrogens is 1. The summed E-state index contributed by atoms with van der Waals surface area (Å²) in [7, 11) is -3.82. The second kappa shape index (κ2) is 7.79. The first kappa shape index (κ1) is 21.8. The van der Waals surface area contributed by atoms with Gasteiger partial charge >= 0.3 is 5.97 Å². The summed E-state index contributed by atoms with van der Waals surface area (Å²) in [4.78, 5) is 25.6. The molecule has 1 aliphatic carbocycles. The third-order valence-electron chi connectivity index (χ3n) is 6.84. The maximum Gasteiger partial charge on any atom is 0.340 e. The molecule has 1 saturated heterocycles. The van der Waals surface area contributed by atoms with Crippen LogP contribution >= 0.6 is 0 Å². The van der Waals surface area contributed by atoms with E-state index in [2.05, 4.69) is 0 Å². The molecule has 0 unspecified atom stereocenters. The zero-order chi connectivity index (χ0) is 23.4. The van der Waals surface area contributed by atoms with E-state index in [1.54, 1.807) is 43.3 Å². The van der Waals surface area contributed by atoms with Crippen molar-refractivity contribution in [2.75, 3.05) is 6.54 Å². The molecule has 2 aromatic carbocycles. The summed E-state index contributed by atoms with van der Waals surface area (Å²) in [6, 6.07) is 13.1. The van der Waals surface area contributed by atoms with Gasteiger partial charge in [0.15, 0.2) is 6.73 Å². The van der Waals surface area contributed by atoms with Crippen molar-refractivity contribution in [3.8, 4) is 0 Å². The highest BCUT2D eigenvalue weighted by Gasteiger charge is 2.60. The SMILES string of the molecule is Cc1ccccc1C(=O)OCn1ccc2c(S(=O)(=O)N3CC[C@H](N)C34CC4)cccc2c1=O. The molecular formula is C24H25N3O5S. The van der Waals surface area contributed by atoms with Gasteiger partial charge in [-0.2, -0.15) is 4.31 Å². The van der Waals surface area contributed by atoms with Crippen molar-refractivity contribution >= 4 is 26.8 Å². The average Bonchev–Trinajstić information content (AvgIpc) is 3.52. The van der Waals surface area contributed by atoms with Gasteiger partial charge < -0.3 is 10.5 Å². The summed E-state index contributed by atoms with van der Waals surface area (Å²) in [5, 5.41) is 0.596. The number of ether oxygens (including phenoxy) is 1. The smallest absolute Gasteiger partial charge is 0.340 e. The number of pyridine rings is 1. The van der Waals surface area contributed by atoms with E-state index < -0.39 is 27.1 Å². The number of nitrogens with zero attached hydrogens (tertiary/aromatic N) is 2. The largest absolute Gasteiger partial charge is 0.440 e. The minimum Gasteiger partial charge on any atom is -0.440 e. The van der Waals surface area contributed by atoms with Gasteiger partial charge in [-0.25, -0.2) is 13.2 Å². The number of rotatable bonds is 5. The molecule has 9 heteroatoms. The number of nitrogens with two attached hydrogens (primary N) is 1. The van der Waals surface area contributed by atoms with Crippen LogP contribution in [0.4, 0.5) is 0 Å². The first-order valence-electron chi connectivity index (χ1n) is 10.9. The van der Waals surface area contributed by atoms with E-state index in [1.807, 2.05) is 6.07 Å². The molecule has 2 heterocycles. The molecule has 0 amide bonds. The maximum atomic E-state index is 13.5. The highest BCUT2D eigenvalue weighted by atomic mass is 32.2. The zero-order valence-electron chi connectivity index (χ0n) is 18.2. The number of hydrogen-bond donors (Lipinski definition) is 1. The number of esters is 1. The lowest BCUT2D eigenvalue weighted by Gasteiger charge is -2.26. The van der Waals surface area contributed by atoms with E-state index in [4.69, 9.17) is 10.5 Å². The highest BCUT2D eigenvalue weighted by molar-refractivity contribution is 7.89. The van der Waals surface area contributed by atoms with Gasteiger partial charge in [-0.3, -0.25) is 9.36 Å². The molecule has 172 valence electrons. The second-order valence-electron chi connectivity index (χ2n) is 8.76. The predicted octanol–water partition coefficient (Wildman–Crippen LogP) is 2.38. The minimum atomic E-state index is -3.82. The third-order valence-corrected chi connectivity index (χ3v) is 8.88. The molecule has 1 atom stereocenters. The van der Waals surface area contributed by atoms with Crippen molar-refractivity contribution in [1.82, 2.24) is 8.87 Å². The standard InChI is InChI=1S/C24H25N3O5S/c1-16-5-2-3-6-17(16)23(29)32-15-26-13-9-18-19(22(26)28)7-4-8-20(18)33(30,31)27-14-10-21(25)24(27)11-12-24/h2-9,13,21H,10-12,14-15,25H2,1H3/t21-/m0/s1. The van der Waals surface area contributed by atoms with Crippen LogP contribution in [0.3, 0.4) is 0 Å². The normalized spacial score (nSPS) is 19.8. The first-order valence-corrected chi connectivity index (χ1v) is 12.3. The van der Waals surface area contributed by atoms with Gasteiger partial charge in [0.25, 0.3) is 5.56 Å². The molecule has 33 heavy (non-hydrogen) atoms. The van der Waals surface area contributed by atoms with E-state index in [0.717, 1.165) is 18.4 Å². The number of carbonyl (C=O) groups is 1. The van der Waals surface area contributed by atoms with Gasteiger partial charge in [0.1, 0.15) is 0 Å². The Balaban J connectivity index is 1.46. The Morgan fingerprint density at radius 1 is 1.12 bits per heavy atom. The Morgan fingerprint density at radius 3 is 2.61 bits per heavy atom. The van der Waals surface area contributed by atoms with Gasteiger partial charge in [0.2, 0.25) is 10.0 Å². The molecule has 1 aromatic heterocycles. The molecule has 2 N–H and O–H groups in total. The van der Waals surface area contributed by atoms with Crippen LogP contribution < -0.4 is 11.3 Å². The summed E-state index contributed by atoms with van der Waals surface area (Å²) < 4.78 is 35.2. The van der Waals surface area contributed by atoms with E-state index >= 15 is 0 Å². The first-order chi connectivity index (χ1) is 15.8. The maximum absolute atomic E-state index is 13.5. The third kappa shape index (κ3) is 3.47. The van der Waals surface area contributed by atoms with Gasteiger partial charge in [-0.15, -0.1) is 0 Å². The summed E-state index contributed by atoms with van der Waals surface area (Å²) in [6.45, 7) is 1.91. The van der Waals surface area contributed by atoms with Crippen molar-refractivity contribution in [1.29, 1.82) is 0 Å². The van der Waals surface area contributed by atoms with E-state index in [-0.39, 0.29) is 23.1 Å². The Hall–Kier alpha value is -3.01. The molecular weight excluding hydrogens is 442 g/mol. The molecule has 1 aliphatic heterocycles. The number of sulfonamides is 1. The molecule has 2 fully saturated rings. The lowest BCUT2D eigenvalue weighted by Crippen LogP contribution is -2.44. The van der Waals surface area contributed by atoms with Crippen LogP contribution in [-0.4, -0.2) is 41.4 Å². The molecule has 1 spiro atoms. The topological polar surface area (TPSA) is 112 Å². The van der Waals surface area contributed by atoms with Crippen molar-refractivity contribution < 1.29 is 17.9 Å². The monoisotopic (exact) mass is 467 g/mol. The Kier molecular flexibility index (Phi) is 5.15. The van der Waals surface area contributed by atoms with Crippen molar-refractivity contribution in [2.24, 2.45) is 5.73 Å². The molecule has 3 aromatic rings. The Labute approximate surface area is 191 Å². The van der Waals surface area contributed by atoms with E-state index in [9.17, 15) is 18.0 Å². The van der Waals surface area contributed by atoms with Gasteiger partial charge in [-0.1, -0.05) is 24.3 Å². The molecule has 0 bridgehead atoms. The number of hydrogen-bond acceptors (Lipinski definition) is 6. The molecule has 1 saturated carbocycles. The second-order valence-corrected chi connectivity index (χ2v) is 10.6. The lowest BCUT2D eigenvalue weighted by molar-refractivity contribution is 0.0366. The number of carbonyl (C=O) groups excluding carboxylic acids is 1. The summed E-state index contributed by atoms with van der Waals surface area (Å²) >= 11 is 0. The van der Waals surface area contributed by atoms with Crippen LogP contribution in [0.1, 0.15) is 35.2 Å². The van der Waals surface area contributed by atoms with Crippen LogP contribution in [0, 0.1) is 6.92 Å². The zero-order valence-corrected chi connectivity index (χ0v) is 19.0. The van der Waals surface area contributed by atoms with Crippen LogP contribution in [0.5, 0.6) is 0 Å². The average molecular weight is 468 g/mol. The fraction of sp³-hybridized carbons (Fsp3) is 0.333. The number of benzene rings is 2. The van der Waals surface area contributed by atoms with Crippen LogP contribution in [0.15, 0.2) is 64.4 Å². The summed E-state index contributed by atoms with van der Waals surface area (Å²) in [6.07, 6.45) is 3.61. The fourth-order valence-corrected chi connectivity index (χ4v) is 6.87.